The second-order valence-electron chi connectivity index (χ2n) is 3.97. The number of methoxy groups -OCH3 is 1. The minimum Gasteiger partial charge on any atom is -0.480 e. The molecule has 17 heavy (non-hydrogen) atoms. The lowest BCUT2D eigenvalue weighted by Crippen LogP contribution is -2.44. The van der Waals surface area contributed by atoms with Gasteiger partial charge < -0.3 is 15.2 Å². The van der Waals surface area contributed by atoms with Gasteiger partial charge in [-0.05, 0) is 6.42 Å². The summed E-state index contributed by atoms with van der Waals surface area (Å²) in [5.74, 6) is -2.25. The van der Waals surface area contributed by atoms with Gasteiger partial charge in [-0.3, -0.25) is 19.7 Å². The van der Waals surface area contributed by atoms with Crippen molar-refractivity contribution in [2.75, 3.05) is 13.7 Å². The number of carbonyl (C=O) groups excluding carboxylic acids is 2. The smallest absolute Gasteiger partial charge is 0.320 e. The van der Waals surface area contributed by atoms with E-state index < -0.39 is 29.9 Å². The number of hydrogen-bond acceptors (Lipinski definition) is 5. The standard InChI is InChI=1S/C10H16N2O5/c1-5(13)11-4-8-6(10(16)17-2)3-7(12-8)9(14)15/h6-8,12H,3-4H2,1-2H3,(H,11,13)(H,14,15)/t6-,7-,8+/m1/s1. The normalized spacial score (nSPS) is 27.5. The molecule has 0 aliphatic carbocycles. The van der Waals surface area contributed by atoms with Gasteiger partial charge in [-0.1, -0.05) is 0 Å². The van der Waals surface area contributed by atoms with E-state index in [1.165, 1.54) is 14.0 Å². The van der Waals surface area contributed by atoms with E-state index in [1.807, 2.05) is 0 Å². The first-order valence-electron chi connectivity index (χ1n) is 5.26. The van der Waals surface area contributed by atoms with Gasteiger partial charge in [-0.25, -0.2) is 0 Å². The Hall–Kier alpha value is -1.63. The number of hydrogen-bond donors (Lipinski definition) is 3. The molecule has 0 unspecified atom stereocenters. The number of esters is 1. The molecule has 0 aromatic heterocycles. The maximum Gasteiger partial charge on any atom is 0.320 e. The summed E-state index contributed by atoms with van der Waals surface area (Å²) in [7, 11) is 1.26. The molecule has 3 atom stereocenters. The van der Waals surface area contributed by atoms with Gasteiger partial charge in [0.2, 0.25) is 5.91 Å². The van der Waals surface area contributed by atoms with Crippen LogP contribution in [0, 0.1) is 5.92 Å². The summed E-state index contributed by atoms with van der Waals surface area (Å²) >= 11 is 0. The van der Waals surface area contributed by atoms with E-state index in [-0.39, 0.29) is 18.9 Å². The predicted molar refractivity (Wildman–Crippen MR) is 57.2 cm³/mol. The zero-order chi connectivity index (χ0) is 13.0. The summed E-state index contributed by atoms with van der Waals surface area (Å²) in [5.41, 5.74) is 0. The summed E-state index contributed by atoms with van der Waals surface area (Å²) < 4.78 is 4.61. The number of carboxylic acids is 1. The molecule has 1 fully saturated rings. The Labute approximate surface area is 98.5 Å². The van der Waals surface area contributed by atoms with Crippen LogP contribution < -0.4 is 10.6 Å². The van der Waals surface area contributed by atoms with Crippen LogP contribution in [0.15, 0.2) is 0 Å². The maximum atomic E-state index is 11.5. The van der Waals surface area contributed by atoms with Gasteiger partial charge in [0.25, 0.3) is 0 Å². The van der Waals surface area contributed by atoms with Crippen LogP contribution in [0.3, 0.4) is 0 Å². The zero-order valence-electron chi connectivity index (χ0n) is 9.73. The number of carboxylic acid groups (broad SMARTS) is 1. The SMILES string of the molecule is COC(=O)[C@@H]1C[C@H](C(=O)O)N[C@H]1CNC(C)=O. The molecular weight excluding hydrogens is 228 g/mol. The fraction of sp³-hybridized carbons (Fsp3) is 0.700. The Bertz CT molecular complexity index is 331. The summed E-state index contributed by atoms with van der Waals surface area (Å²) in [6.07, 6.45) is 0.173. The third-order valence-corrected chi connectivity index (χ3v) is 2.76. The molecule has 0 spiro atoms. The van der Waals surface area contributed by atoms with Gasteiger partial charge in [0.05, 0.1) is 13.0 Å². The molecule has 0 aromatic carbocycles. The molecule has 1 aliphatic heterocycles. The molecule has 96 valence electrons. The van der Waals surface area contributed by atoms with Crippen molar-refractivity contribution in [2.24, 2.45) is 5.92 Å². The number of aliphatic carboxylic acids is 1. The number of ether oxygens (including phenoxy) is 1. The third kappa shape index (κ3) is 3.42. The summed E-state index contributed by atoms with van der Waals surface area (Å²) in [6, 6.07) is -1.19. The largest absolute Gasteiger partial charge is 0.480 e. The quantitative estimate of drug-likeness (QED) is 0.532. The maximum absolute atomic E-state index is 11.5. The van der Waals surface area contributed by atoms with Crippen LogP contribution in [0.4, 0.5) is 0 Å². The van der Waals surface area contributed by atoms with Crippen LogP contribution >= 0.6 is 0 Å². The van der Waals surface area contributed by atoms with E-state index in [0.29, 0.717) is 0 Å². The van der Waals surface area contributed by atoms with Crippen LogP contribution in [0.2, 0.25) is 0 Å². The molecule has 1 aliphatic rings. The minimum absolute atomic E-state index is 0.173. The molecule has 7 nitrogen and oxygen atoms in total. The Balaban J connectivity index is 2.66. The predicted octanol–water partition coefficient (Wildman–Crippen LogP) is -1.27. The highest BCUT2D eigenvalue weighted by molar-refractivity contribution is 5.79. The van der Waals surface area contributed by atoms with Gasteiger partial charge in [0.1, 0.15) is 6.04 Å². The summed E-state index contributed by atoms with van der Waals surface area (Å²) in [4.78, 5) is 33.1. The number of nitrogens with one attached hydrogen (secondary N) is 2. The highest BCUT2D eigenvalue weighted by Crippen LogP contribution is 2.21. The van der Waals surface area contributed by atoms with Crippen molar-refractivity contribution in [3.05, 3.63) is 0 Å². The molecule has 0 aromatic rings. The van der Waals surface area contributed by atoms with E-state index in [9.17, 15) is 14.4 Å². The third-order valence-electron chi connectivity index (χ3n) is 2.76. The molecule has 1 saturated heterocycles. The van der Waals surface area contributed by atoms with E-state index >= 15 is 0 Å². The number of rotatable bonds is 4. The number of amides is 1. The molecule has 3 N–H and O–H groups in total. The van der Waals surface area contributed by atoms with Crippen LogP contribution in [0.25, 0.3) is 0 Å². The van der Waals surface area contributed by atoms with Crippen molar-refractivity contribution in [3.63, 3.8) is 0 Å². The van der Waals surface area contributed by atoms with E-state index in [4.69, 9.17) is 5.11 Å². The fourth-order valence-electron chi connectivity index (χ4n) is 1.90. The van der Waals surface area contributed by atoms with Crippen molar-refractivity contribution in [3.8, 4) is 0 Å². The highest BCUT2D eigenvalue weighted by atomic mass is 16.5. The molecule has 7 heteroatoms. The molecule has 0 radical (unpaired) electrons. The lowest BCUT2D eigenvalue weighted by atomic mass is 9.99. The molecule has 0 bridgehead atoms. The fourth-order valence-corrected chi connectivity index (χ4v) is 1.90. The summed E-state index contributed by atoms with van der Waals surface area (Å²) in [6.45, 7) is 1.57. The van der Waals surface area contributed by atoms with Crippen LogP contribution in [0.5, 0.6) is 0 Å². The minimum atomic E-state index is -1.01. The average Bonchev–Trinajstić information content (AvgIpc) is 2.69. The number of carbonyl (C=O) groups is 3. The first-order valence-corrected chi connectivity index (χ1v) is 5.26. The Morgan fingerprint density at radius 1 is 1.47 bits per heavy atom. The topological polar surface area (TPSA) is 105 Å². The molecule has 0 saturated carbocycles. The Morgan fingerprint density at radius 3 is 2.59 bits per heavy atom. The monoisotopic (exact) mass is 244 g/mol. The van der Waals surface area contributed by atoms with E-state index in [0.717, 1.165) is 0 Å². The second kappa shape index (κ2) is 5.62. The van der Waals surface area contributed by atoms with Crippen LogP contribution in [0.1, 0.15) is 13.3 Å². The first kappa shape index (κ1) is 13.4. The molecule has 1 rings (SSSR count). The zero-order valence-corrected chi connectivity index (χ0v) is 9.73. The van der Waals surface area contributed by atoms with Crippen molar-refractivity contribution < 1.29 is 24.2 Å². The summed E-state index contributed by atoms with van der Waals surface area (Å²) in [5, 5.41) is 14.2. The van der Waals surface area contributed by atoms with E-state index in [2.05, 4.69) is 15.4 Å². The lowest BCUT2D eigenvalue weighted by molar-refractivity contribution is -0.146. The van der Waals surface area contributed by atoms with Gasteiger partial charge in [-0.2, -0.15) is 0 Å². The first-order chi connectivity index (χ1) is 7.95. The Morgan fingerprint density at radius 2 is 2.12 bits per heavy atom. The van der Waals surface area contributed by atoms with Gasteiger partial charge in [-0.15, -0.1) is 0 Å². The second-order valence-corrected chi connectivity index (χ2v) is 3.97. The van der Waals surface area contributed by atoms with E-state index in [1.54, 1.807) is 0 Å². The van der Waals surface area contributed by atoms with Gasteiger partial charge in [0.15, 0.2) is 0 Å². The van der Waals surface area contributed by atoms with Crippen molar-refractivity contribution in [2.45, 2.75) is 25.4 Å². The molecular formula is C10H16N2O5. The van der Waals surface area contributed by atoms with Gasteiger partial charge in [0, 0.05) is 19.5 Å². The van der Waals surface area contributed by atoms with Crippen molar-refractivity contribution >= 4 is 17.8 Å². The van der Waals surface area contributed by atoms with Crippen molar-refractivity contribution in [1.29, 1.82) is 0 Å². The Kier molecular flexibility index (Phi) is 4.45. The lowest BCUT2D eigenvalue weighted by Gasteiger charge is -2.17. The highest BCUT2D eigenvalue weighted by Gasteiger charge is 2.41. The van der Waals surface area contributed by atoms with Crippen LogP contribution in [-0.2, 0) is 19.1 Å². The van der Waals surface area contributed by atoms with Crippen molar-refractivity contribution in [1.82, 2.24) is 10.6 Å². The van der Waals surface area contributed by atoms with Crippen LogP contribution in [-0.4, -0.2) is 48.7 Å². The molecule has 1 heterocycles. The average molecular weight is 244 g/mol. The molecule has 1 amide bonds. The van der Waals surface area contributed by atoms with Gasteiger partial charge >= 0.3 is 11.9 Å².